The summed E-state index contributed by atoms with van der Waals surface area (Å²) in [5.74, 6) is 0. The van der Waals surface area contributed by atoms with E-state index in [1.54, 1.807) is 0 Å². The van der Waals surface area contributed by atoms with Gasteiger partial charge < -0.3 is 4.43 Å². The van der Waals surface area contributed by atoms with Crippen LogP contribution in [0.15, 0.2) is 24.5 Å². The first kappa shape index (κ1) is 12.5. The first-order chi connectivity index (χ1) is 5.67. The Hall–Kier alpha value is -0.503. The molecule has 0 amide bonds. The molecule has 0 saturated carbocycles. The van der Waals surface area contributed by atoms with Crippen LogP contribution in [0.25, 0.3) is 0 Å². The van der Waals surface area contributed by atoms with Gasteiger partial charge >= 0.3 is 0 Å². The van der Waals surface area contributed by atoms with Gasteiger partial charge in [-0.15, -0.1) is 0 Å². The fourth-order valence-electron chi connectivity index (χ4n) is 0.771. The molecule has 0 saturated heterocycles. The van der Waals surface area contributed by atoms with E-state index in [4.69, 9.17) is 4.43 Å². The molecule has 0 rings (SSSR count). The number of rotatable bonds is 3. The van der Waals surface area contributed by atoms with E-state index >= 15 is 0 Å². The van der Waals surface area contributed by atoms with Gasteiger partial charge in [0.05, 0.1) is 6.26 Å². The first-order valence-electron chi connectivity index (χ1n) is 4.68. The molecule has 0 aromatic carbocycles. The predicted molar refractivity (Wildman–Crippen MR) is 62.2 cm³/mol. The van der Waals surface area contributed by atoms with Crippen LogP contribution in [0.1, 0.15) is 20.8 Å². The van der Waals surface area contributed by atoms with E-state index in [0.717, 1.165) is 5.57 Å². The van der Waals surface area contributed by atoms with Gasteiger partial charge in [0, 0.05) is 0 Å². The molecular weight excluding hydrogens is 176 g/mol. The van der Waals surface area contributed by atoms with Crippen molar-refractivity contribution in [1.29, 1.82) is 0 Å². The lowest BCUT2D eigenvalue weighted by atomic mass is 9.87. The van der Waals surface area contributed by atoms with Gasteiger partial charge in [-0.05, 0) is 30.6 Å². The van der Waals surface area contributed by atoms with E-state index in [1.165, 1.54) is 0 Å². The van der Waals surface area contributed by atoms with Gasteiger partial charge in [-0.3, -0.25) is 0 Å². The van der Waals surface area contributed by atoms with E-state index in [-0.39, 0.29) is 5.41 Å². The van der Waals surface area contributed by atoms with Crippen LogP contribution >= 0.6 is 0 Å². The van der Waals surface area contributed by atoms with Crippen LogP contribution in [0.5, 0.6) is 0 Å². The summed E-state index contributed by atoms with van der Waals surface area (Å²) in [5.41, 5.74) is 1.29. The molecule has 0 spiro atoms. The first-order valence-corrected chi connectivity index (χ1v) is 8.08. The summed E-state index contributed by atoms with van der Waals surface area (Å²) in [6, 6.07) is 0. The monoisotopic (exact) mass is 198 g/mol. The predicted octanol–water partition coefficient (Wildman–Crippen LogP) is 3.95. The minimum Gasteiger partial charge on any atom is -0.549 e. The Labute approximate surface area is 83.6 Å². The maximum Gasteiger partial charge on any atom is 0.241 e. The average molecular weight is 198 g/mol. The standard InChI is InChI=1S/C11H22OSi/c1-8-10(11(2,3)4)9-12-13(5,6)7/h8-9H,1H2,2-7H3/b10-9+. The molecule has 76 valence electrons. The highest BCUT2D eigenvalue weighted by Gasteiger charge is 2.18. The molecule has 1 nitrogen and oxygen atoms in total. The van der Waals surface area contributed by atoms with Crippen molar-refractivity contribution in [3.8, 4) is 0 Å². The summed E-state index contributed by atoms with van der Waals surface area (Å²) >= 11 is 0. The van der Waals surface area contributed by atoms with Crippen LogP contribution in [0.4, 0.5) is 0 Å². The van der Waals surface area contributed by atoms with Crippen molar-refractivity contribution in [2.75, 3.05) is 0 Å². The van der Waals surface area contributed by atoms with Gasteiger partial charge in [-0.25, -0.2) is 0 Å². The molecule has 0 aliphatic rings. The van der Waals surface area contributed by atoms with E-state index in [9.17, 15) is 0 Å². The molecule has 0 unspecified atom stereocenters. The molecule has 13 heavy (non-hydrogen) atoms. The third-order valence-corrected chi connectivity index (χ3v) is 2.45. The van der Waals surface area contributed by atoms with E-state index in [2.05, 4.69) is 47.0 Å². The maximum absolute atomic E-state index is 5.71. The molecule has 0 radical (unpaired) electrons. The van der Waals surface area contributed by atoms with Crippen molar-refractivity contribution >= 4 is 8.32 Å². The Morgan fingerprint density at radius 3 is 1.92 bits per heavy atom. The van der Waals surface area contributed by atoms with Crippen molar-refractivity contribution in [2.24, 2.45) is 5.41 Å². The van der Waals surface area contributed by atoms with E-state index in [0.29, 0.717) is 0 Å². The summed E-state index contributed by atoms with van der Waals surface area (Å²) in [4.78, 5) is 0. The zero-order valence-corrected chi connectivity index (χ0v) is 10.8. The lowest BCUT2D eigenvalue weighted by Crippen LogP contribution is -2.23. The highest BCUT2D eigenvalue weighted by Crippen LogP contribution is 2.26. The molecule has 2 heteroatoms. The van der Waals surface area contributed by atoms with Gasteiger partial charge in [0.25, 0.3) is 0 Å². The van der Waals surface area contributed by atoms with Gasteiger partial charge in [-0.1, -0.05) is 33.4 Å². The normalized spacial score (nSPS) is 14.2. The Morgan fingerprint density at radius 2 is 1.69 bits per heavy atom. The van der Waals surface area contributed by atoms with Gasteiger partial charge in [0.15, 0.2) is 0 Å². The van der Waals surface area contributed by atoms with Crippen LogP contribution in [0.2, 0.25) is 19.6 Å². The summed E-state index contributed by atoms with van der Waals surface area (Å²) in [6.45, 7) is 16.8. The third kappa shape index (κ3) is 5.69. The Kier molecular flexibility index (Phi) is 3.98. The van der Waals surface area contributed by atoms with E-state index < -0.39 is 8.32 Å². The number of hydrogen-bond acceptors (Lipinski definition) is 1. The Bertz CT molecular complexity index is 203. The summed E-state index contributed by atoms with van der Waals surface area (Å²) in [5, 5.41) is 0. The fourth-order valence-corrected chi connectivity index (χ4v) is 1.25. The van der Waals surface area contributed by atoms with Crippen molar-refractivity contribution in [3.63, 3.8) is 0 Å². The minimum absolute atomic E-state index is 0.126. The second kappa shape index (κ2) is 4.14. The molecule has 0 heterocycles. The molecule has 0 aromatic rings. The van der Waals surface area contributed by atoms with Crippen LogP contribution in [-0.2, 0) is 4.43 Å². The van der Waals surface area contributed by atoms with Crippen molar-refractivity contribution in [1.82, 2.24) is 0 Å². The third-order valence-electron chi connectivity index (χ3n) is 1.63. The molecular formula is C11H22OSi. The summed E-state index contributed by atoms with van der Waals surface area (Å²) in [6.07, 6.45) is 3.75. The smallest absolute Gasteiger partial charge is 0.241 e. The van der Waals surface area contributed by atoms with Crippen LogP contribution in [0.3, 0.4) is 0 Å². The Balaban J connectivity index is 4.52. The molecule has 0 aliphatic heterocycles. The molecule has 0 bridgehead atoms. The van der Waals surface area contributed by atoms with Crippen LogP contribution < -0.4 is 0 Å². The van der Waals surface area contributed by atoms with Crippen molar-refractivity contribution in [3.05, 3.63) is 24.5 Å². The van der Waals surface area contributed by atoms with Gasteiger partial charge in [-0.2, -0.15) is 0 Å². The summed E-state index contributed by atoms with van der Waals surface area (Å²) in [7, 11) is -1.44. The lowest BCUT2D eigenvalue weighted by molar-refractivity contribution is 0.438. The van der Waals surface area contributed by atoms with Crippen molar-refractivity contribution < 1.29 is 4.43 Å². The molecule has 0 N–H and O–H groups in total. The van der Waals surface area contributed by atoms with Crippen molar-refractivity contribution in [2.45, 2.75) is 40.4 Å². The molecule has 0 atom stereocenters. The van der Waals surface area contributed by atoms with E-state index in [1.807, 2.05) is 12.3 Å². The fraction of sp³-hybridized carbons (Fsp3) is 0.636. The quantitative estimate of drug-likeness (QED) is 0.379. The zero-order chi connectivity index (χ0) is 10.7. The largest absolute Gasteiger partial charge is 0.549 e. The molecule has 0 aliphatic carbocycles. The lowest BCUT2D eigenvalue weighted by Gasteiger charge is -2.23. The second-order valence-electron chi connectivity index (χ2n) is 5.26. The molecule has 0 aromatic heterocycles. The zero-order valence-electron chi connectivity index (χ0n) is 9.77. The van der Waals surface area contributed by atoms with Gasteiger partial charge in [0.1, 0.15) is 0 Å². The Morgan fingerprint density at radius 1 is 1.23 bits per heavy atom. The summed E-state index contributed by atoms with van der Waals surface area (Å²) < 4.78 is 5.71. The second-order valence-corrected chi connectivity index (χ2v) is 9.72. The average Bonchev–Trinajstić information content (AvgIpc) is 1.82. The van der Waals surface area contributed by atoms with Gasteiger partial charge in [0.2, 0.25) is 8.32 Å². The topological polar surface area (TPSA) is 9.23 Å². The van der Waals surface area contributed by atoms with Crippen LogP contribution in [0, 0.1) is 5.41 Å². The number of hydrogen-bond donors (Lipinski definition) is 0. The number of allylic oxidation sites excluding steroid dienone is 2. The highest BCUT2D eigenvalue weighted by molar-refractivity contribution is 6.69. The molecule has 0 fully saturated rings. The maximum atomic E-state index is 5.71. The minimum atomic E-state index is -1.44. The van der Waals surface area contributed by atoms with Crippen LogP contribution in [-0.4, -0.2) is 8.32 Å². The highest BCUT2D eigenvalue weighted by atomic mass is 28.4. The SMILES string of the molecule is C=C/C(=C\O[Si](C)(C)C)C(C)(C)C.